The molecule has 4 heteroatoms. The van der Waals surface area contributed by atoms with Gasteiger partial charge in [-0.1, -0.05) is 26.0 Å². The minimum Gasteiger partial charge on any atom is -0.338 e. The summed E-state index contributed by atoms with van der Waals surface area (Å²) >= 11 is 0. The van der Waals surface area contributed by atoms with Crippen LogP contribution in [0.1, 0.15) is 38.3 Å². The van der Waals surface area contributed by atoms with Crippen LogP contribution < -0.4 is 5.32 Å². The van der Waals surface area contributed by atoms with E-state index in [-0.39, 0.29) is 17.9 Å². The third-order valence-electron chi connectivity index (χ3n) is 3.43. The van der Waals surface area contributed by atoms with Crippen LogP contribution in [-0.4, -0.2) is 24.0 Å². The van der Waals surface area contributed by atoms with Crippen molar-refractivity contribution in [3.8, 4) is 0 Å². The summed E-state index contributed by atoms with van der Waals surface area (Å²) in [5.74, 6) is 0.202. The Morgan fingerprint density at radius 3 is 2.74 bits per heavy atom. The number of halogens is 1. The number of rotatable bonds is 3. The molecule has 2 rings (SSSR count). The maximum Gasteiger partial charge on any atom is 0.317 e. The van der Waals surface area contributed by atoms with Crippen molar-refractivity contribution in [2.75, 3.05) is 13.1 Å². The molecule has 1 N–H and O–H groups in total. The lowest BCUT2D eigenvalue weighted by Gasteiger charge is -2.25. The number of nitrogens with one attached hydrogen (secondary N) is 1. The monoisotopic (exact) mass is 264 g/mol. The molecule has 2 amide bonds. The molecule has 0 saturated carbocycles. The van der Waals surface area contributed by atoms with Gasteiger partial charge in [0.25, 0.3) is 0 Å². The molecule has 0 radical (unpaired) electrons. The molecule has 0 aromatic heterocycles. The van der Waals surface area contributed by atoms with Crippen molar-refractivity contribution in [2.24, 2.45) is 5.92 Å². The summed E-state index contributed by atoms with van der Waals surface area (Å²) in [6.07, 6.45) is 1.94. The fraction of sp³-hybridized carbons (Fsp3) is 0.533. The molecule has 1 atom stereocenters. The standard InChI is InChI=1S/C15H21FN2O/c1-11(2)10-17-15(19)18-9-3-4-14(18)12-5-7-13(16)8-6-12/h5-8,11,14H,3-4,9-10H2,1-2H3,(H,17,19)/t14-/m1/s1. The highest BCUT2D eigenvalue weighted by Gasteiger charge is 2.29. The maximum atomic E-state index is 12.9. The number of hydrogen-bond donors (Lipinski definition) is 1. The second-order valence-electron chi connectivity index (χ2n) is 5.48. The van der Waals surface area contributed by atoms with Crippen LogP contribution in [0, 0.1) is 11.7 Å². The quantitative estimate of drug-likeness (QED) is 0.892. The zero-order chi connectivity index (χ0) is 13.8. The molecule has 1 aromatic rings. The van der Waals surface area contributed by atoms with Gasteiger partial charge in [0.2, 0.25) is 0 Å². The van der Waals surface area contributed by atoms with Gasteiger partial charge in [-0.15, -0.1) is 0 Å². The fourth-order valence-electron chi connectivity index (χ4n) is 2.43. The van der Waals surface area contributed by atoms with Crippen molar-refractivity contribution >= 4 is 6.03 Å². The Morgan fingerprint density at radius 2 is 2.11 bits per heavy atom. The first-order valence-electron chi connectivity index (χ1n) is 6.88. The van der Waals surface area contributed by atoms with Gasteiger partial charge < -0.3 is 10.2 Å². The van der Waals surface area contributed by atoms with E-state index in [2.05, 4.69) is 19.2 Å². The van der Waals surface area contributed by atoms with E-state index < -0.39 is 0 Å². The van der Waals surface area contributed by atoms with Crippen LogP contribution in [-0.2, 0) is 0 Å². The Bertz CT molecular complexity index is 430. The summed E-state index contributed by atoms with van der Waals surface area (Å²) in [6.45, 7) is 5.60. The molecule has 0 aliphatic carbocycles. The van der Waals surface area contributed by atoms with Gasteiger partial charge in [-0.2, -0.15) is 0 Å². The molecule has 1 heterocycles. The van der Waals surface area contributed by atoms with Crippen molar-refractivity contribution in [3.63, 3.8) is 0 Å². The van der Waals surface area contributed by atoms with Gasteiger partial charge in [-0.3, -0.25) is 0 Å². The van der Waals surface area contributed by atoms with Crippen molar-refractivity contribution in [3.05, 3.63) is 35.6 Å². The van der Waals surface area contributed by atoms with Crippen LogP contribution in [0.5, 0.6) is 0 Å². The minimum absolute atomic E-state index is 0.0134. The van der Waals surface area contributed by atoms with Gasteiger partial charge in [0.05, 0.1) is 6.04 Å². The number of likely N-dealkylation sites (tertiary alicyclic amines) is 1. The lowest BCUT2D eigenvalue weighted by atomic mass is 10.0. The van der Waals surface area contributed by atoms with Crippen LogP contribution in [0.2, 0.25) is 0 Å². The first kappa shape index (κ1) is 13.8. The second-order valence-corrected chi connectivity index (χ2v) is 5.48. The van der Waals surface area contributed by atoms with Gasteiger partial charge in [0, 0.05) is 13.1 Å². The molecule has 3 nitrogen and oxygen atoms in total. The molecule has 0 spiro atoms. The van der Waals surface area contributed by atoms with E-state index >= 15 is 0 Å². The maximum absolute atomic E-state index is 12.9. The normalized spacial score (nSPS) is 18.9. The molecule has 1 aromatic carbocycles. The molecular weight excluding hydrogens is 243 g/mol. The molecular formula is C15H21FN2O. The van der Waals surface area contributed by atoms with E-state index in [0.29, 0.717) is 12.5 Å². The SMILES string of the molecule is CC(C)CNC(=O)N1CCC[C@@H]1c1ccc(F)cc1. The molecule has 0 unspecified atom stereocenters. The van der Waals surface area contributed by atoms with Crippen molar-refractivity contribution in [1.29, 1.82) is 0 Å². The lowest BCUT2D eigenvalue weighted by molar-refractivity contribution is 0.191. The Hall–Kier alpha value is -1.58. The predicted octanol–water partition coefficient (Wildman–Crippen LogP) is 3.33. The first-order valence-corrected chi connectivity index (χ1v) is 6.88. The number of carbonyl (C=O) groups is 1. The smallest absolute Gasteiger partial charge is 0.317 e. The van der Waals surface area contributed by atoms with Crippen LogP contribution in [0.25, 0.3) is 0 Å². The average Bonchev–Trinajstić information content (AvgIpc) is 2.86. The summed E-state index contributed by atoms with van der Waals surface area (Å²) in [7, 11) is 0. The number of benzene rings is 1. The Kier molecular flexibility index (Phi) is 4.40. The van der Waals surface area contributed by atoms with Crippen molar-refractivity contribution in [1.82, 2.24) is 10.2 Å². The Balaban J connectivity index is 2.04. The summed E-state index contributed by atoms with van der Waals surface area (Å²) in [5.41, 5.74) is 1.01. The summed E-state index contributed by atoms with van der Waals surface area (Å²) in [4.78, 5) is 14.0. The molecule has 1 fully saturated rings. The summed E-state index contributed by atoms with van der Waals surface area (Å²) < 4.78 is 12.9. The highest BCUT2D eigenvalue weighted by Crippen LogP contribution is 2.31. The molecule has 1 aliphatic rings. The number of nitrogens with zero attached hydrogens (tertiary/aromatic N) is 1. The highest BCUT2D eigenvalue weighted by atomic mass is 19.1. The second kappa shape index (κ2) is 6.04. The van der Waals surface area contributed by atoms with E-state index in [4.69, 9.17) is 0 Å². The van der Waals surface area contributed by atoms with Crippen LogP contribution in [0.4, 0.5) is 9.18 Å². The van der Waals surface area contributed by atoms with Crippen LogP contribution in [0.15, 0.2) is 24.3 Å². The average molecular weight is 264 g/mol. The van der Waals surface area contributed by atoms with Gasteiger partial charge >= 0.3 is 6.03 Å². The van der Waals surface area contributed by atoms with Gasteiger partial charge in [-0.05, 0) is 36.5 Å². The van der Waals surface area contributed by atoms with Crippen molar-refractivity contribution in [2.45, 2.75) is 32.7 Å². The zero-order valence-electron chi connectivity index (χ0n) is 11.5. The number of carbonyl (C=O) groups excluding carboxylic acids is 1. The molecule has 1 aliphatic heterocycles. The van der Waals surface area contributed by atoms with E-state index in [1.165, 1.54) is 12.1 Å². The fourth-order valence-corrected chi connectivity index (χ4v) is 2.43. The van der Waals surface area contributed by atoms with Crippen LogP contribution >= 0.6 is 0 Å². The highest BCUT2D eigenvalue weighted by molar-refractivity contribution is 5.75. The molecule has 19 heavy (non-hydrogen) atoms. The van der Waals surface area contributed by atoms with E-state index in [1.54, 1.807) is 12.1 Å². The molecule has 104 valence electrons. The topological polar surface area (TPSA) is 32.3 Å². The van der Waals surface area contributed by atoms with Gasteiger partial charge in [0.15, 0.2) is 0 Å². The van der Waals surface area contributed by atoms with E-state index in [9.17, 15) is 9.18 Å². The number of urea groups is 1. The van der Waals surface area contributed by atoms with Gasteiger partial charge in [-0.25, -0.2) is 9.18 Å². The summed E-state index contributed by atoms with van der Waals surface area (Å²) in [5, 5.41) is 2.95. The predicted molar refractivity (Wildman–Crippen MR) is 73.3 cm³/mol. The van der Waals surface area contributed by atoms with Crippen molar-refractivity contribution < 1.29 is 9.18 Å². The third-order valence-corrected chi connectivity index (χ3v) is 3.43. The third kappa shape index (κ3) is 3.46. The lowest BCUT2D eigenvalue weighted by Crippen LogP contribution is -2.40. The molecule has 1 saturated heterocycles. The van der Waals surface area contributed by atoms with E-state index in [0.717, 1.165) is 24.9 Å². The number of hydrogen-bond acceptors (Lipinski definition) is 1. The summed E-state index contributed by atoms with van der Waals surface area (Å²) in [6, 6.07) is 6.52. The number of amides is 2. The minimum atomic E-state index is -0.238. The van der Waals surface area contributed by atoms with Crippen LogP contribution in [0.3, 0.4) is 0 Å². The van der Waals surface area contributed by atoms with Gasteiger partial charge in [0.1, 0.15) is 5.82 Å². The largest absolute Gasteiger partial charge is 0.338 e. The van der Waals surface area contributed by atoms with E-state index in [1.807, 2.05) is 4.90 Å². The zero-order valence-corrected chi connectivity index (χ0v) is 11.5. The Morgan fingerprint density at radius 1 is 1.42 bits per heavy atom. The molecule has 0 bridgehead atoms. The first-order chi connectivity index (χ1) is 9.08. The Labute approximate surface area is 113 Å².